The van der Waals surface area contributed by atoms with Gasteiger partial charge in [-0.05, 0) is 32.8 Å². The van der Waals surface area contributed by atoms with Gasteiger partial charge in [-0.25, -0.2) is 4.79 Å². The normalized spacial score (nSPS) is 13.0. The van der Waals surface area contributed by atoms with Crippen LogP contribution in [0.2, 0.25) is 0 Å². The molecular formula is C15H16F7NO3S. The third-order valence-corrected chi connectivity index (χ3v) is 4.43. The molecule has 0 spiro atoms. The van der Waals surface area contributed by atoms with E-state index in [1.807, 2.05) is 0 Å². The Bertz CT molecular complexity index is 726. The summed E-state index contributed by atoms with van der Waals surface area (Å²) in [5.41, 5.74) is -0.0555. The van der Waals surface area contributed by atoms with Crippen molar-refractivity contribution in [2.24, 2.45) is 0 Å². The number of thiophene rings is 1. The summed E-state index contributed by atoms with van der Waals surface area (Å²) in [5, 5.41) is 0.742. The molecule has 1 heterocycles. The summed E-state index contributed by atoms with van der Waals surface area (Å²) in [4.78, 5) is 24.1. The van der Waals surface area contributed by atoms with E-state index in [0.717, 1.165) is 0 Å². The summed E-state index contributed by atoms with van der Waals surface area (Å²) in [7, 11) is 0. The predicted molar refractivity (Wildman–Crippen MR) is 83.6 cm³/mol. The zero-order chi connectivity index (χ0) is 21.4. The van der Waals surface area contributed by atoms with Gasteiger partial charge >= 0.3 is 29.9 Å². The minimum absolute atomic E-state index is 0.204. The lowest BCUT2D eigenvalue weighted by atomic mass is 10.1. The van der Waals surface area contributed by atoms with Crippen molar-refractivity contribution in [3.8, 4) is 0 Å². The highest BCUT2D eigenvalue weighted by Gasteiger charge is 2.76. The van der Waals surface area contributed by atoms with Crippen LogP contribution in [-0.2, 0) is 16.0 Å². The summed E-state index contributed by atoms with van der Waals surface area (Å²) in [6, 6.07) is 0. The second kappa shape index (κ2) is 7.64. The molecule has 1 aromatic rings. The molecular weight excluding hydrogens is 407 g/mol. The number of carbonyl (C=O) groups excluding carboxylic acids is 2. The molecule has 1 aromatic heterocycles. The summed E-state index contributed by atoms with van der Waals surface area (Å²) >= 11 is 0.591. The number of amides is 1. The number of halogens is 7. The van der Waals surface area contributed by atoms with Crippen molar-refractivity contribution in [2.75, 3.05) is 5.32 Å². The maximum Gasteiger partial charge on any atom is 0.460 e. The Morgan fingerprint density at radius 1 is 1.11 bits per heavy atom. The van der Waals surface area contributed by atoms with Crippen LogP contribution in [0.15, 0.2) is 0 Å². The van der Waals surface area contributed by atoms with Gasteiger partial charge in [-0.1, -0.05) is 6.92 Å². The van der Waals surface area contributed by atoms with Gasteiger partial charge < -0.3 is 10.1 Å². The molecule has 0 unspecified atom stereocenters. The molecule has 4 nitrogen and oxygen atoms in total. The van der Waals surface area contributed by atoms with Crippen molar-refractivity contribution in [1.82, 2.24) is 0 Å². The monoisotopic (exact) mass is 423 g/mol. The Kier molecular flexibility index (Phi) is 6.56. The number of alkyl halides is 7. The molecule has 154 valence electrons. The summed E-state index contributed by atoms with van der Waals surface area (Å²) in [5.74, 6) is -16.6. The number of hydrogen-bond donors (Lipinski definition) is 1. The fraction of sp³-hybridized carbons (Fsp3) is 0.600. The van der Waals surface area contributed by atoms with E-state index >= 15 is 0 Å². The van der Waals surface area contributed by atoms with Crippen LogP contribution < -0.4 is 5.32 Å². The third kappa shape index (κ3) is 4.36. The average Bonchev–Trinajstić information content (AvgIpc) is 2.80. The van der Waals surface area contributed by atoms with Crippen LogP contribution in [0.3, 0.4) is 0 Å². The number of hydrogen-bond acceptors (Lipinski definition) is 4. The van der Waals surface area contributed by atoms with Crippen molar-refractivity contribution >= 4 is 28.2 Å². The molecule has 1 rings (SSSR count). The Morgan fingerprint density at radius 3 is 2.04 bits per heavy atom. The van der Waals surface area contributed by atoms with Crippen molar-refractivity contribution in [1.29, 1.82) is 0 Å². The van der Waals surface area contributed by atoms with Crippen LogP contribution in [0.25, 0.3) is 0 Å². The molecule has 0 aliphatic carbocycles. The SMILES string of the molecule is CCc1c(C)sc(NC(=O)C(F)(F)C(F)(F)C(F)(F)F)c1C(=O)OC(C)C. The number of nitrogens with one attached hydrogen (secondary N) is 1. The van der Waals surface area contributed by atoms with E-state index in [9.17, 15) is 40.3 Å². The topological polar surface area (TPSA) is 55.4 Å². The highest BCUT2D eigenvalue weighted by Crippen LogP contribution is 2.47. The molecule has 0 aliphatic rings. The molecule has 27 heavy (non-hydrogen) atoms. The van der Waals surface area contributed by atoms with Gasteiger partial charge in [0, 0.05) is 4.88 Å². The molecule has 0 saturated heterocycles. The zero-order valence-corrected chi connectivity index (χ0v) is 15.4. The average molecular weight is 423 g/mol. The van der Waals surface area contributed by atoms with Crippen molar-refractivity contribution in [2.45, 2.75) is 58.2 Å². The molecule has 0 aromatic carbocycles. The fourth-order valence-corrected chi connectivity index (χ4v) is 3.21. The Morgan fingerprint density at radius 2 is 1.63 bits per heavy atom. The summed E-state index contributed by atoms with van der Waals surface area (Å²) < 4.78 is 94.7. The molecule has 0 radical (unpaired) electrons. The van der Waals surface area contributed by atoms with Crippen LogP contribution in [0.4, 0.5) is 35.7 Å². The Hall–Kier alpha value is -1.85. The van der Waals surface area contributed by atoms with Gasteiger partial charge in [0.15, 0.2) is 0 Å². The first kappa shape index (κ1) is 23.2. The van der Waals surface area contributed by atoms with Crippen molar-refractivity contribution < 1.29 is 45.1 Å². The minimum Gasteiger partial charge on any atom is -0.459 e. The van der Waals surface area contributed by atoms with E-state index in [4.69, 9.17) is 4.74 Å². The minimum atomic E-state index is -6.65. The number of esters is 1. The first-order valence-corrected chi connectivity index (χ1v) is 8.36. The number of anilines is 1. The molecule has 0 bridgehead atoms. The van der Waals surface area contributed by atoms with Crippen molar-refractivity contribution in [3.63, 3.8) is 0 Å². The lowest BCUT2D eigenvalue weighted by molar-refractivity contribution is -0.343. The van der Waals surface area contributed by atoms with E-state index < -0.39 is 41.0 Å². The fourth-order valence-electron chi connectivity index (χ4n) is 2.08. The van der Waals surface area contributed by atoms with E-state index in [2.05, 4.69) is 0 Å². The largest absolute Gasteiger partial charge is 0.460 e. The van der Waals surface area contributed by atoms with Crippen LogP contribution in [0.5, 0.6) is 0 Å². The van der Waals surface area contributed by atoms with Gasteiger partial charge in [0.1, 0.15) is 5.00 Å². The van der Waals surface area contributed by atoms with Gasteiger partial charge in [0.25, 0.3) is 0 Å². The third-order valence-electron chi connectivity index (χ3n) is 3.37. The van der Waals surface area contributed by atoms with E-state index in [-0.39, 0.29) is 12.0 Å². The Balaban J connectivity index is 3.33. The van der Waals surface area contributed by atoms with Crippen LogP contribution >= 0.6 is 11.3 Å². The maximum absolute atomic E-state index is 13.5. The number of rotatable bonds is 6. The Labute approximate surface area is 153 Å². The number of ether oxygens (including phenoxy) is 1. The zero-order valence-electron chi connectivity index (χ0n) is 14.6. The van der Waals surface area contributed by atoms with Crippen molar-refractivity contribution in [3.05, 3.63) is 16.0 Å². The van der Waals surface area contributed by atoms with Crippen LogP contribution in [0.1, 0.15) is 41.6 Å². The molecule has 0 fully saturated rings. The molecule has 12 heteroatoms. The van der Waals surface area contributed by atoms with E-state index in [1.54, 1.807) is 6.92 Å². The molecule has 1 N–H and O–H groups in total. The second-order valence-corrected chi connectivity index (χ2v) is 6.97. The summed E-state index contributed by atoms with van der Waals surface area (Å²) in [6.07, 6.45) is -7.06. The van der Waals surface area contributed by atoms with Gasteiger partial charge in [-0.2, -0.15) is 30.7 Å². The van der Waals surface area contributed by atoms with Gasteiger partial charge in [0.05, 0.1) is 11.7 Å². The smallest absolute Gasteiger partial charge is 0.459 e. The van der Waals surface area contributed by atoms with Gasteiger partial charge in [-0.3, -0.25) is 4.79 Å². The molecule has 1 amide bonds. The lowest BCUT2D eigenvalue weighted by Crippen LogP contribution is -2.57. The van der Waals surface area contributed by atoms with E-state index in [1.165, 1.54) is 26.1 Å². The summed E-state index contributed by atoms with van der Waals surface area (Å²) in [6.45, 7) is 6.03. The molecule has 0 atom stereocenters. The van der Waals surface area contributed by atoms with Gasteiger partial charge in [0.2, 0.25) is 0 Å². The number of carbonyl (C=O) groups is 2. The quantitative estimate of drug-likeness (QED) is 0.520. The second-order valence-electron chi connectivity index (χ2n) is 5.75. The standard InChI is InChI=1S/C15H16F7NO3S/c1-5-8-7(4)27-10(9(8)11(24)26-6(2)3)23-12(25)13(16,17)14(18,19)15(20,21)22/h6H,5H2,1-4H3,(H,23,25). The predicted octanol–water partition coefficient (Wildman–Crippen LogP) is 4.96. The first-order valence-electron chi connectivity index (χ1n) is 7.54. The van der Waals surface area contributed by atoms with Gasteiger partial charge in [-0.15, -0.1) is 11.3 Å². The molecule has 0 aliphatic heterocycles. The lowest BCUT2D eigenvalue weighted by Gasteiger charge is -2.27. The van der Waals surface area contributed by atoms with Crippen LogP contribution in [0, 0.1) is 6.92 Å². The first-order chi connectivity index (χ1) is 12.1. The maximum atomic E-state index is 13.5. The molecule has 0 saturated carbocycles. The number of aryl methyl sites for hydroxylation is 1. The van der Waals surface area contributed by atoms with E-state index in [0.29, 0.717) is 21.8 Å². The van der Waals surface area contributed by atoms with Crippen LogP contribution in [-0.4, -0.2) is 36.0 Å². The highest BCUT2D eigenvalue weighted by atomic mass is 32.1. The highest BCUT2D eigenvalue weighted by molar-refractivity contribution is 7.16.